The highest BCUT2D eigenvalue weighted by Crippen LogP contribution is 2.32. The zero-order valence-corrected chi connectivity index (χ0v) is 18.3. The Kier molecular flexibility index (Phi) is 5.63. The van der Waals surface area contributed by atoms with Gasteiger partial charge >= 0.3 is 18.0 Å². The van der Waals surface area contributed by atoms with E-state index in [1.54, 1.807) is 6.92 Å². The molecule has 14 heteroatoms. The summed E-state index contributed by atoms with van der Waals surface area (Å²) in [5.41, 5.74) is -1.75. The third-order valence-corrected chi connectivity index (χ3v) is 6.30. The molecule has 0 bridgehead atoms. The van der Waals surface area contributed by atoms with Crippen molar-refractivity contribution in [1.82, 2.24) is 9.55 Å². The lowest BCUT2D eigenvalue weighted by Crippen LogP contribution is -2.38. The van der Waals surface area contributed by atoms with Crippen molar-refractivity contribution in [2.75, 3.05) is 11.3 Å². The van der Waals surface area contributed by atoms with Crippen LogP contribution < -0.4 is 14.2 Å². The average molecular weight is 498 g/mol. The van der Waals surface area contributed by atoms with Gasteiger partial charge < -0.3 is 19.6 Å². The van der Waals surface area contributed by atoms with Gasteiger partial charge in [0.2, 0.25) is 0 Å². The zero-order chi connectivity index (χ0) is 24.7. The van der Waals surface area contributed by atoms with Crippen LogP contribution in [0.3, 0.4) is 0 Å². The van der Waals surface area contributed by atoms with Gasteiger partial charge in [-0.1, -0.05) is 0 Å². The first kappa shape index (κ1) is 23.4. The summed E-state index contributed by atoms with van der Waals surface area (Å²) in [6, 6.07) is 9.14. The second kappa shape index (κ2) is 8.20. The van der Waals surface area contributed by atoms with Gasteiger partial charge in [-0.05, 0) is 60.4 Å². The number of benzene rings is 2. The molecule has 2 heterocycles. The van der Waals surface area contributed by atoms with Crippen LogP contribution in [0, 0.1) is 10.1 Å². The number of nitro groups is 1. The number of hydrogen-bond acceptors (Lipinski definition) is 7. The predicted molar refractivity (Wildman–Crippen MR) is 112 cm³/mol. The molecule has 0 fully saturated rings. The average Bonchev–Trinajstić information content (AvgIpc) is 3.28. The van der Waals surface area contributed by atoms with Gasteiger partial charge in [-0.15, -0.1) is 0 Å². The lowest BCUT2D eigenvalue weighted by molar-refractivity contribution is -0.389. The fraction of sp³-hybridized carbons (Fsp3) is 0.250. The maximum atomic E-state index is 12.7. The Morgan fingerprint density at radius 1 is 1.21 bits per heavy atom. The molecular formula is C20H17F3N4O6S. The topological polar surface area (TPSA) is 126 Å². The Balaban J connectivity index is 1.37. The Bertz CT molecular complexity index is 1300. The fourth-order valence-electron chi connectivity index (χ4n) is 3.25. The molecule has 0 amide bonds. The van der Waals surface area contributed by atoms with E-state index in [9.17, 15) is 31.7 Å². The number of alkyl halides is 3. The molecule has 34 heavy (non-hydrogen) atoms. The van der Waals surface area contributed by atoms with Crippen molar-refractivity contribution in [3.8, 4) is 11.8 Å². The molecule has 0 saturated heterocycles. The molecule has 1 aromatic heterocycles. The van der Waals surface area contributed by atoms with Gasteiger partial charge in [0.15, 0.2) is 5.60 Å². The summed E-state index contributed by atoms with van der Waals surface area (Å²) in [6.07, 6.45) is -3.25. The largest absolute Gasteiger partial charge is 0.489 e. The number of sulfonamides is 1. The van der Waals surface area contributed by atoms with Crippen LogP contribution >= 0.6 is 0 Å². The number of nitrogens with one attached hydrogen (secondary N) is 1. The third kappa shape index (κ3) is 4.90. The Hall–Kier alpha value is -3.81. The summed E-state index contributed by atoms with van der Waals surface area (Å²) in [6.45, 7) is 2.06. The lowest BCUT2D eigenvalue weighted by atomic mass is 10.1. The summed E-state index contributed by atoms with van der Waals surface area (Å²) in [5, 5.41) is 10.8. The SMILES string of the molecule is C[C@]1(COc2ccc(S(=O)(=O)Nc3ccc(C(F)(F)F)cc3)cc2)Cn2cc([N+](=O)[O-])nc2O1. The second-order valence-electron chi connectivity index (χ2n) is 7.76. The second-order valence-corrected chi connectivity index (χ2v) is 9.44. The van der Waals surface area contributed by atoms with Crippen LogP contribution in [0.4, 0.5) is 24.7 Å². The van der Waals surface area contributed by atoms with E-state index >= 15 is 0 Å². The van der Waals surface area contributed by atoms with E-state index in [4.69, 9.17) is 9.47 Å². The summed E-state index contributed by atoms with van der Waals surface area (Å²) < 4.78 is 78.1. The van der Waals surface area contributed by atoms with E-state index in [-0.39, 0.29) is 35.6 Å². The highest BCUT2D eigenvalue weighted by Gasteiger charge is 2.41. The van der Waals surface area contributed by atoms with Crippen molar-refractivity contribution in [3.63, 3.8) is 0 Å². The van der Waals surface area contributed by atoms with Crippen molar-refractivity contribution in [2.24, 2.45) is 0 Å². The minimum absolute atomic E-state index is 0.0163. The van der Waals surface area contributed by atoms with Crippen LogP contribution in [-0.4, -0.2) is 35.1 Å². The first-order chi connectivity index (χ1) is 15.8. The van der Waals surface area contributed by atoms with Crippen molar-refractivity contribution in [2.45, 2.75) is 30.1 Å². The van der Waals surface area contributed by atoms with E-state index in [0.717, 1.165) is 24.3 Å². The summed E-state index contributed by atoms with van der Waals surface area (Å²) >= 11 is 0. The Morgan fingerprint density at radius 3 is 2.41 bits per heavy atom. The third-order valence-electron chi connectivity index (χ3n) is 4.90. The minimum atomic E-state index is -4.52. The van der Waals surface area contributed by atoms with Gasteiger partial charge in [0.25, 0.3) is 10.0 Å². The first-order valence-electron chi connectivity index (χ1n) is 9.68. The highest BCUT2D eigenvalue weighted by molar-refractivity contribution is 7.92. The first-order valence-corrected chi connectivity index (χ1v) is 11.2. The van der Waals surface area contributed by atoms with Crippen molar-refractivity contribution in [3.05, 3.63) is 70.4 Å². The molecule has 1 N–H and O–H groups in total. The Morgan fingerprint density at radius 2 is 1.85 bits per heavy atom. The quantitative estimate of drug-likeness (QED) is 0.388. The molecule has 0 saturated carbocycles. The molecule has 0 radical (unpaired) electrons. The van der Waals surface area contributed by atoms with Gasteiger partial charge in [-0.2, -0.15) is 13.2 Å². The molecule has 1 atom stereocenters. The van der Waals surface area contributed by atoms with Crippen molar-refractivity contribution in [1.29, 1.82) is 0 Å². The summed E-state index contributed by atoms with van der Waals surface area (Å²) in [4.78, 5) is 13.8. The van der Waals surface area contributed by atoms with Gasteiger partial charge in [0, 0.05) is 10.7 Å². The zero-order valence-electron chi connectivity index (χ0n) is 17.4. The molecule has 1 aliphatic rings. The van der Waals surface area contributed by atoms with Crippen LogP contribution in [0.1, 0.15) is 12.5 Å². The van der Waals surface area contributed by atoms with E-state index in [1.165, 1.54) is 35.0 Å². The molecule has 3 aromatic rings. The molecule has 0 aliphatic carbocycles. The van der Waals surface area contributed by atoms with Gasteiger partial charge in [-0.3, -0.25) is 9.29 Å². The molecule has 180 valence electrons. The van der Waals surface area contributed by atoms with E-state index in [0.29, 0.717) is 5.75 Å². The monoisotopic (exact) mass is 498 g/mol. The number of nitrogens with zero attached hydrogens (tertiary/aromatic N) is 3. The number of hydrogen-bond donors (Lipinski definition) is 1. The normalized spacial score (nSPS) is 17.6. The molecule has 4 rings (SSSR count). The van der Waals surface area contributed by atoms with E-state index in [2.05, 4.69) is 9.71 Å². The van der Waals surface area contributed by atoms with Crippen LogP contribution in [-0.2, 0) is 22.7 Å². The number of halogens is 3. The number of imidazole rings is 1. The van der Waals surface area contributed by atoms with E-state index < -0.39 is 32.3 Å². The number of fused-ring (bicyclic) bond motifs is 1. The van der Waals surface area contributed by atoms with Crippen LogP contribution in [0.5, 0.6) is 11.8 Å². The van der Waals surface area contributed by atoms with Gasteiger partial charge in [-0.25, -0.2) is 8.42 Å². The van der Waals surface area contributed by atoms with Crippen molar-refractivity contribution >= 4 is 21.5 Å². The number of rotatable bonds is 7. The van der Waals surface area contributed by atoms with Gasteiger partial charge in [0.05, 0.1) is 17.0 Å². The molecule has 0 spiro atoms. The molecule has 1 aliphatic heterocycles. The minimum Gasteiger partial charge on any atom is -0.489 e. The van der Waals surface area contributed by atoms with Crippen LogP contribution in [0.15, 0.2) is 59.6 Å². The van der Waals surface area contributed by atoms with Crippen LogP contribution in [0.2, 0.25) is 0 Å². The Labute approximate surface area is 191 Å². The fourth-order valence-corrected chi connectivity index (χ4v) is 4.31. The maximum Gasteiger partial charge on any atom is 0.416 e. The molecule has 10 nitrogen and oxygen atoms in total. The molecule has 0 unspecified atom stereocenters. The number of aromatic nitrogens is 2. The van der Waals surface area contributed by atoms with Gasteiger partial charge in [0.1, 0.15) is 18.6 Å². The maximum absolute atomic E-state index is 12.7. The predicted octanol–water partition coefficient (Wildman–Crippen LogP) is 3.84. The summed E-state index contributed by atoms with van der Waals surface area (Å²) in [5.74, 6) is 0.0218. The van der Waals surface area contributed by atoms with Crippen LogP contribution in [0.25, 0.3) is 0 Å². The molecular weight excluding hydrogens is 481 g/mol. The number of ether oxygens (including phenoxy) is 2. The highest BCUT2D eigenvalue weighted by atomic mass is 32.2. The summed E-state index contributed by atoms with van der Waals surface area (Å²) in [7, 11) is -4.04. The van der Waals surface area contributed by atoms with Crippen molar-refractivity contribution < 1.29 is 36.0 Å². The lowest BCUT2D eigenvalue weighted by Gasteiger charge is -2.22. The smallest absolute Gasteiger partial charge is 0.416 e. The standard InChI is InChI=1S/C20H17F3N4O6S/c1-19(11-26-10-17(27(28)29)24-18(26)33-19)12-32-15-6-8-16(9-7-15)34(30,31)25-14-4-2-13(3-5-14)20(21,22)23/h2-10,25H,11-12H2,1H3/t19-/m1/s1. The van der Waals surface area contributed by atoms with E-state index in [1.807, 2.05) is 0 Å². The number of anilines is 1. The molecule has 2 aromatic carbocycles.